The van der Waals surface area contributed by atoms with Gasteiger partial charge in [0, 0.05) is 12.6 Å². The van der Waals surface area contributed by atoms with Crippen molar-refractivity contribution in [2.24, 2.45) is 0 Å². The molecule has 0 radical (unpaired) electrons. The number of hydrogen-bond donors (Lipinski definition) is 1. The molecule has 116 valence electrons. The van der Waals surface area contributed by atoms with Gasteiger partial charge in [-0.25, -0.2) is 4.39 Å². The molecule has 1 atom stereocenters. The first kappa shape index (κ1) is 16.0. The Kier molecular flexibility index (Phi) is 4.99. The Bertz CT molecular complexity index is 512. The second-order valence-electron chi connectivity index (χ2n) is 5.84. The standard InChI is InChI=1S/C17H24FNO2/c1-4-17(5-2)11-13(9-10-21-17)19-16(20)14-8-6-7-12(3)15(14)18/h6-8,13H,4-5,9-11H2,1-3H3,(H,19,20). The summed E-state index contributed by atoms with van der Waals surface area (Å²) < 4.78 is 19.9. The van der Waals surface area contributed by atoms with Crippen LogP contribution in [0, 0.1) is 12.7 Å². The minimum atomic E-state index is -0.431. The summed E-state index contributed by atoms with van der Waals surface area (Å²) in [6, 6.07) is 4.95. The van der Waals surface area contributed by atoms with Crippen LogP contribution in [0.15, 0.2) is 18.2 Å². The van der Waals surface area contributed by atoms with Crippen molar-refractivity contribution in [3.8, 4) is 0 Å². The van der Waals surface area contributed by atoms with E-state index in [4.69, 9.17) is 4.74 Å². The Morgan fingerprint density at radius 1 is 1.43 bits per heavy atom. The van der Waals surface area contributed by atoms with Crippen LogP contribution in [-0.4, -0.2) is 24.2 Å². The van der Waals surface area contributed by atoms with Crippen LogP contribution in [0.5, 0.6) is 0 Å². The number of ether oxygens (including phenoxy) is 1. The smallest absolute Gasteiger partial charge is 0.254 e. The molecule has 2 rings (SSSR count). The van der Waals surface area contributed by atoms with Crippen molar-refractivity contribution in [1.82, 2.24) is 5.32 Å². The van der Waals surface area contributed by atoms with E-state index in [0.29, 0.717) is 12.2 Å². The molecule has 4 heteroatoms. The van der Waals surface area contributed by atoms with Crippen LogP contribution in [0.2, 0.25) is 0 Å². The molecule has 1 unspecified atom stereocenters. The fraction of sp³-hybridized carbons (Fsp3) is 0.588. The zero-order chi connectivity index (χ0) is 15.5. The number of hydrogen-bond acceptors (Lipinski definition) is 2. The van der Waals surface area contributed by atoms with E-state index in [-0.39, 0.29) is 23.1 Å². The second kappa shape index (κ2) is 6.56. The maximum Gasteiger partial charge on any atom is 0.254 e. The van der Waals surface area contributed by atoms with Crippen LogP contribution >= 0.6 is 0 Å². The molecule has 0 bridgehead atoms. The third-order valence-electron chi connectivity index (χ3n) is 4.55. The van der Waals surface area contributed by atoms with E-state index in [1.54, 1.807) is 19.1 Å². The van der Waals surface area contributed by atoms with Gasteiger partial charge in [0.05, 0.1) is 11.2 Å². The number of rotatable bonds is 4. The van der Waals surface area contributed by atoms with E-state index < -0.39 is 5.82 Å². The second-order valence-corrected chi connectivity index (χ2v) is 5.84. The van der Waals surface area contributed by atoms with Gasteiger partial charge in [-0.05, 0) is 44.2 Å². The van der Waals surface area contributed by atoms with Gasteiger partial charge in [-0.3, -0.25) is 4.79 Å². The lowest BCUT2D eigenvalue weighted by Gasteiger charge is -2.40. The lowest BCUT2D eigenvalue weighted by Crippen LogP contribution is -2.48. The summed E-state index contributed by atoms with van der Waals surface area (Å²) in [5.41, 5.74) is 0.465. The van der Waals surface area contributed by atoms with Gasteiger partial charge in [-0.1, -0.05) is 26.0 Å². The quantitative estimate of drug-likeness (QED) is 0.921. The molecule has 1 aromatic carbocycles. The average Bonchev–Trinajstić information content (AvgIpc) is 2.50. The molecule has 1 N–H and O–H groups in total. The third-order valence-corrected chi connectivity index (χ3v) is 4.55. The van der Waals surface area contributed by atoms with Crippen LogP contribution in [0.3, 0.4) is 0 Å². The first-order valence-corrected chi connectivity index (χ1v) is 7.71. The molecule has 1 aromatic rings. The van der Waals surface area contributed by atoms with Gasteiger partial charge in [-0.15, -0.1) is 0 Å². The van der Waals surface area contributed by atoms with Gasteiger partial charge in [0.25, 0.3) is 5.91 Å². The first-order chi connectivity index (χ1) is 10.0. The Balaban J connectivity index is 2.07. The fourth-order valence-corrected chi connectivity index (χ4v) is 2.98. The third kappa shape index (κ3) is 3.43. The van der Waals surface area contributed by atoms with Gasteiger partial charge in [0.1, 0.15) is 5.82 Å². The molecule has 0 aliphatic carbocycles. The van der Waals surface area contributed by atoms with E-state index in [1.807, 2.05) is 0 Å². The van der Waals surface area contributed by atoms with E-state index in [0.717, 1.165) is 25.7 Å². The van der Waals surface area contributed by atoms with Crippen LogP contribution in [0.4, 0.5) is 4.39 Å². The maximum absolute atomic E-state index is 14.0. The molecule has 0 saturated carbocycles. The van der Waals surface area contributed by atoms with Gasteiger partial charge in [0.15, 0.2) is 0 Å². The largest absolute Gasteiger partial charge is 0.375 e. The normalized spacial score (nSPS) is 21.0. The van der Waals surface area contributed by atoms with Gasteiger partial charge in [0.2, 0.25) is 0 Å². The highest BCUT2D eigenvalue weighted by atomic mass is 19.1. The monoisotopic (exact) mass is 293 g/mol. The first-order valence-electron chi connectivity index (χ1n) is 7.71. The van der Waals surface area contributed by atoms with Crippen LogP contribution in [0.1, 0.15) is 55.5 Å². The lowest BCUT2D eigenvalue weighted by atomic mass is 9.86. The predicted molar refractivity (Wildman–Crippen MR) is 80.9 cm³/mol. The molecule has 1 saturated heterocycles. The number of amides is 1. The topological polar surface area (TPSA) is 38.3 Å². The summed E-state index contributed by atoms with van der Waals surface area (Å²) in [7, 11) is 0. The Morgan fingerprint density at radius 2 is 2.14 bits per heavy atom. The fourth-order valence-electron chi connectivity index (χ4n) is 2.98. The van der Waals surface area contributed by atoms with Crippen molar-refractivity contribution >= 4 is 5.91 Å². The number of aryl methyl sites for hydroxylation is 1. The molecule has 0 spiro atoms. The molecule has 3 nitrogen and oxygen atoms in total. The summed E-state index contributed by atoms with van der Waals surface area (Å²) in [6.07, 6.45) is 3.42. The number of carbonyl (C=O) groups excluding carboxylic acids is 1. The molecule has 1 fully saturated rings. The van der Waals surface area contributed by atoms with E-state index in [9.17, 15) is 9.18 Å². The molecular formula is C17H24FNO2. The minimum absolute atomic E-state index is 0.0473. The maximum atomic E-state index is 14.0. The van der Waals surface area contributed by atoms with Crippen LogP contribution < -0.4 is 5.32 Å². The van der Waals surface area contributed by atoms with E-state index in [1.165, 1.54) is 6.07 Å². The summed E-state index contributed by atoms with van der Waals surface area (Å²) in [5.74, 6) is -0.761. The number of nitrogens with one attached hydrogen (secondary N) is 1. The molecule has 1 amide bonds. The molecule has 1 aliphatic rings. The summed E-state index contributed by atoms with van der Waals surface area (Å²) in [4.78, 5) is 12.3. The zero-order valence-corrected chi connectivity index (χ0v) is 13.0. The molecular weight excluding hydrogens is 269 g/mol. The van der Waals surface area contributed by atoms with Crippen molar-refractivity contribution < 1.29 is 13.9 Å². The summed E-state index contributed by atoms with van der Waals surface area (Å²) in [5, 5.41) is 2.97. The molecule has 21 heavy (non-hydrogen) atoms. The highest BCUT2D eigenvalue weighted by Gasteiger charge is 2.35. The van der Waals surface area contributed by atoms with E-state index in [2.05, 4.69) is 19.2 Å². The van der Waals surface area contributed by atoms with Crippen molar-refractivity contribution in [3.05, 3.63) is 35.1 Å². The number of carbonyl (C=O) groups is 1. The van der Waals surface area contributed by atoms with Gasteiger partial charge >= 0.3 is 0 Å². The number of halogens is 1. The van der Waals surface area contributed by atoms with Gasteiger partial charge < -0.3 is 10.1 Å². The summed E-state index contributed by atoms with van der Waals surface area (Å²) >= 11 is 0. The van der Waals surface area contributed by atoms with Crippen molar-refractivity contribution in [1.29, 1.82) is 0 Å². The van der Waals surface area contributed by atoms with E-state index >= 15 is 0 Å². The highest BCUT2D eigenvalue weighted by molar-refractivity contribution is 5.94. The Morgan fingerprint density at radius 3 is 2.81 bits per heavy atom. The Hall–Kier alpha value is -1.42. The van der Waals surface area contributed by atoms with Crippen molar-refractivity contribution in [2.45, 2.75) is 58.1 Å². The Labute approximate surface area is 125 Å². The average molecular weight is 293 g/mol. The molecule has 1 heterocycles. The zero-order valence-electron chi connectivity index (χ0n) is 13.0. The van der Waals surface area contributed by atoms with Gasteiger partial charge in [-0.2, -0.15) is 0 Å². The van der Waals surface area contributed by atoms with Crippen molar-refractivity contribution in [3.63, 3.8) is 0 Å². The highest BCUT2D eigenvalue weighted by Crippen LogP contribution is 2.31. The summed E-state index contributed by atoms with van der Waals surface area (Å²) in [6.45, 7) is 6.52. The lowest BCUT2D eigenvalue weighted by molar-refractivity contribution is -0.0917. The molecule has 0 aromatic heterocycles. The van der Waals surface area contributed by atoms with Crippen molar-refractivity contribution in [2.75, 3.05) is 6.61 Å². The minimum Gasteiger partial charge on any atom is -0.375 e. The van der Waals surface area contributed by atoms with Crippen LogP contribution in [0.25, 0.3) is 0 Å². The predicted octanol–water partition coefficient (Wildman–Crippen LogP) is 3.60. The molecule has 1 aliphatic heterocycles. The van der Waals surface area contributed by atoms with Crippen LogP contribution in [-0.2, 0) is 4.74 Å². The SMILES string of the molecule is CCC1(CC)CC(NC(=O)c2cccc(C)c2F)CCO1. The number of benzene rings is 1.